The number of likely N-dealkylation sites (tertiary alicyclic amines) is 1. The Morgan fingerprint density at radius 2 is 1.73 bits per heavy atom. The van der Waals surface area contributed by atoms with Crippen LogP contribution < -0.4 is 15.5 Å². The van der Waals surface area contributed by atoms with E-state index in [-0.39, 0.29) is 12.1 Å². The SMILES string of the molecule is CN1CCc2cc([C@H](CNC(=O)C(=O)NC3CCCCC3)N3CCCCC3)ccc21. The van der Waals surface area contributed by atoms with Crippen molar-refractivity contribution in [1.29, 1.82) is 0 Å². The van der Waals surface area contributed by atoms with Crippen molar-refractivity contribution >= 4 is 17.5 Å². The number of nitrogens with one attached hydrogen (secondary N) is 2. The molecule has 1 aliphatic carbocycles. The van der Waals surface area contributed by atoms with Crippen LogP contribution in [0.5, 0.6) is 0 Å². The summed E-state index contributed by atoms with van der Waals surface area (Å²) in [6, 6.07) is 7.00. The maximum atomic E-state index is 12.5. The fourth-order valence-electron chi connectivity index (χ4n) is 5.25. The Labute approximate surface area is 180 Å². The molecule has 2 aliphatic heterocycles. The lowest BCUT2D eigenvalue weighted by molar-refractivity contribution is -0.139. The van der Waals surface area contributed by atoms with Crippen molar-refractivity contribution < 1.29 is 9.59 Å². The Balaban J connectivity index is 1.41. The van der Waals surface area contributed by atoms with Crippen molar-refractivity contribution in [1.82, 2.24) is 15.5 Å². The first-order valence-electron chi connectivity index (χ1n) is 11.8. The number of piperidine rings is 1. The van der Waals surface area contributed by atoms with Crippen LogP contribution in [0, 0.1) is 0 Å². The lowest BCUT2D eigenvalue weighted by Crippen LogP contribution is -2.47. The van der Waals surface area contributed by atoms with Crippen LogP contribution in [0.15, 0.2) is 18.2 Å². The molecule has 2 fully saturated rings. The monoisotopic (exact) mass is 412 g/mol. The number of nitrogens with zero attached hydrogens (tertiary/aromatic N) is 2. The Kier molecular flexibility index (Phi) is 6.93. The molecule has 164 valence electrons. The van der Waals surface area contributed by atoms with Gasteiger partial charge in [-0.3, -0.25) is 14.5 Å². The minimum absolute atomic E-state index is 0.118. The van der Waals surface area contributed by atoms with E-state index in [1.54, 1.807) is 0 Å². The molecule has 2 heterocycles. The van der Waals surface area contributed by atoms with E-state index in [1.807, 2.05) is 0 Å². The molecule has 0 spiro atoms. The van der Waals surface area contributed by atoms with Gasteiger partial charge in [-0.05, 0) is 62.4 Å². The van der Waals surface area contributed by atoms with Crippen LogP contribution in [0.3, 0.4) is 0 Å². The average molecular weight is 413 g/mol. The van der Waals surface area contributed by atoms with Crippen LogP contribution in [-0.2, 0) is 16.0 Å². The first-order chi connectivity index (χ1) is 14.6. The van der Waals surface area contributed by atoms with Crippen LogP contribution in [0.4, 0.5) is 5.69 Å². The van der Waals surface area contributed by atoms with Crippen LogP contribution >= 0.6 is 0 Å². The summed E-state index contributed by atoms with van der Waals surface area (Å²) in [5.41, 5.74) is 3.95. The summed E-state index contributed by atoms with van der Waals surface area (Å²) in [5.74, 6) is -0.974. The number of benzene rings is 1. The van der Waals surface area contributed by atoms with Gasteiger partial charge in [-0.2, -0.15) is 0 Å². The smallest absolute Gasteiger partial charge is 0.309 e. The van der Waals surface area contributed by atoms with Crippen molar-refractivity contribution in [3.8, 4) is 0 Å². The zero-order valence-electron chi connectivity index (χ0n) is 18.3. The molecule has 0 bridgehead atoms. The normalized spacial score (nSPS) is 21.2. The van der Waals surface area contributed by atoms with Gasteiger partial charge < -0.3 is 15.5 Å². The Morgan fingerprint density at radius 3 is 2.50 bits per heavy atom. The van der Waals surface area contributed by atoms with Crippen molar-refractivity contribution in [3.05, 3.63) is 29.3 Å². The van der Waals surface area contributed by atoms with Crippen molar-refractivity contribution in [2.45, 2.75) is 69.9 Å². The first-order valence-corrected chi connectivity index (χ1v) is 11.8. The third kappa shape index (κ3) is 4.97. The van der Waals surface area contributed by atoms with Crippen molar-refractivity contribution in [2.75, 3.05) is 38.1 Å². The number of carbonyl (C=O) groups excluding carboxylic acids is 2. The van der Waals surface area contributed by atoms with Gasteiger partial charge in [0.15, 0.2) is 0 Å². The number of anilines is 1. The largest absolute Gasteiger partial charge is 0.374 e. The van der Waals surface area contributed by atoms with Gasteiger partial charge >= 0.3 is 11.8 Å². The van der Waals surface area contributed by atoms with Crippen LogP contribution in [0.1, 0.15) is 68.5 Å². The number of rotatable bonds is 5. The van der Waals surface area contributed by atoms with E-state index in [2.05, 4.69) is 45.7 Å². The highest BCUT2D eigenvalue weighted by Gasteiger charge is 2.27. The second-order valence-electron chi connectivity index (χ2n) is 9.19. The number of fused-ring (bicyclic) bond motifs is 1. The van der Waals surface area contributed by atoms with Gasteiger partial charge in [-0.15, -0.1) is 0 Å². The Morgan fingerprint density at radius 1 is 1.00 bits per heavy atom. The average Bonchev–Trinajstić information content (AvgIpc) is 3.15. The molecule has 2 amide bonds. The Bertz CT molecular complexity index is 754. The van der Waals surface area contributed by atoms with Gasteiger partial charge in [0.2, 0.25) is 0 Å². The molecule has 2 N–H and O–H groups in total. The van der Waals surface area contributed by atoms with E-state index >= 15 is 0 Å². The minimum atomic E-state index is -0.497. The first kappa shape index (κ1) is 21.2. The van der Waals surface area contributed by atoms with E-state index in [4.69, 9.17) is 0 Å². The molecule has 1 aromatic carbocycles. The summed E-state index contributed by atoms with van der Waals surface area (Å²) in [7, 11) is 2.14. The molecule has 0 radical (unpaired) electrons. The van der Waals surface area contributed by atoms with Gasteiger partial charge in [0.05, 0.1) is 6.04 Å². The molecule has 6 nitrogen and oxygen atoms in total. The van der Waals surface area contributed by atoms with Crippen molar-refractivity contribution in [3.63, 3.8) is 0 Å². The zero-order valence-corrected chi connectivity index (χ0v) is 18.3. The summed E-state index contributed by atoms with van der Waals surface area (Å²) in [5, 5.41) is 5.87. The molecular weight excluding hydrogens is 376 g/mol. The molecule has 0 unspecified atom stereocenters. The third-order valence-electron chi connectivity index (χ3n) is 7.05. The zero-order chi connectivity index (χ0) is 20.9. The van der Waals surface area contributed by atoms with Gasteiger partial charge in [-0.25, -0.2) is 0 Å². The molecule has 1 saturated heterocycles. The molecule has 0 aromatic heterocycles. The third-order valence-corrected chi connectivity index (χ3v) is 7.05. The van der Waals surface area contributed by atoms with E-state index in [0.29, 0.717) is 6.54 Å². The topological polar surface area (TPSA) is 64.7 Å². The summed E-state index contributed by atoms with van der Waals surface area (Å²) in [6.45, 7) is 3.63. The molecule has 3 aliphatic rings. The minimum Gasteiger partial charge on any atom is -0.374 e. The van der Waals surface area contributed by atoms with Crippen LogP contribution in [0.25, 0.3) is 0 Å². The van der Waals surface area contributed by atoms with E-state index < -0.39 is 11.8 Å². The second-order valence-corrected chi connectivity index (χ2v) is 9.19. The standard InChI is InChI=1S/C24H36N4O2/c1-27-15-12-19-16-18(10-11-21(19)27)22(28-13-6-3-7-14-28)17-25-23(29)24(30)26-20-8-4-2-5-9-20/h10-11,16,20,22H,2-9,12-15,17H2,1H3,(H,25,29)(H,26,30)/t22-/m0/s1. The van der Waals surface area contributed by atoms with Crippen LogP contribution in [-0.4, -0.2) is 56.0 Å². The fourth-order valence-corrected chi connectivity index (χ4v) is 5.25. The molecule has 1 aromatic rings. The molecule has 4 rings (SSSR count). The number of hydrogen-bond donors (Lipinski definition) is 2. The summed E-state index contributed by atoms with van der Waals surface area (Å²) in [4.78, 5) is 29.7. The van der Waals surface area contributed by atoms with Gasteiger partial charge in [0.1, 0.15) is 0 Å². The maximum absolute atomic E-state index is 12.5. The number of likely N-dealkylation sites (N-methyl/N-ethyl adjacent to an activating group) is 1. The highest BCUT2D eigenvalue weighted by atomic mass is 16.2. The number of hydrogen-bond acceptors (Lipinski definition) is 4. The van der Waals surface area contributed by atoms with Crippen molar-refractivity contribution in [2.24, 2.45) is 0 Å². The lowest BCUT2D eigenvalue weighted by atomic mass is 9.95. The predicted molar refractivity (Wildman–Crippen MR) is 120 cm³/mol. The summed E-state index contributed by atoms with van der Waals surface area (Å²) >= 11 is 0. The van der Waals surface area contributed by atoms with Gasteiger partial charge in [0, 0.05) is 31.9 Å². The summed E-state index contributed by atoms with van der Waals surface area (Å²) < 4.78 is 0. The number of amides is 2. The summed E-state index contributed by atoms with van der Waals surface area (Å²) in [6.07, 6.45) is 10.2. The van der Waals surface area contributed by atoms with Gasteiger partial charge in [-0.1, -0.05) is 37.8 Å². The Hall–Kier alpha value is -2.08. The highest BCUT2D eigenvalue weighted by molar-refractivity contribution is 6.35. The molecule has 1 saturated carbocycles. The number of carbonyl (C=O) groups is 2. The van der Waals surface area contributed by atoms with E-state index in [0.717, 1.165) is 51.7 Å². The molecule has 30 heavy (non-hydrogen) atoms. The van der Waals surface area contributed by atoms with E-state index in [1.165, 1.54) is 42.5 Å². The van der Waals surface area contributed by atoms with Crippen LogP contribution in [0.2, 0.25) is 0 Å². The highest BCUT2D eigenvalue weighted by Crippen LogP contribution is 2.32. The molecular formula is C24H36N4O2. The molecule has 6 heteroatoms. The predicted octanol–water partition coefficient (Wildman–Crippen LogP) is 2.77. The lowest BCUT2D eigenvalue weighted by Gasteiger charge is -2.35. The fraction of sp³-hybridized carbons (Fsp3) is 0.667. The van der Waals surface area contributed by atoms with E-state index in [9.17, 15) is 9.59 Å². The quantitative estimate of drug-likeness (QED) is 0.730. The molecule has 1 atom stereocenters. The second kappa shape index (κ2) is 9.82. The van der Waals surface area contributed by atoms with Gasteiger partial charge in [0.25, 0.3) is 0 Å². The maximum Gasteiger partial charge on any atom is 0.309 e.